The normalized spacial score (nSPS) is 11.4. The van der Waals surface area contributed by atoms with Crippen molar-refractivity contribution in [3.05, 3.63) is 129 Å². The minimum atomic E-state index is 0.753. The zero-order valence-corrected chi connectivity index (χ0v) is 17.8. The van der Waals surface area contributed by atoms with Crippen molar-refractivity contribution in [3.8, 4) is 11.1 Å². The van der Waals surface area contributed by atoms with Crippen molar-refractivity contribution < 1.29 is 0 Å². The molecule has 0 N–H and O–H groups in total. The number of hydrogen-bond donors (Lipinski definition) is 0. The molecule has 0 spiro atoms. The van der Waals surface area contributed by atoms with Crippen molar-refractivity contribution in [2.45, 2.75) is 0 Å². The molecule has 0 aliphatic carbocycles. The van der Waals surface area contributed by atoms with Crippen LogP contribution in [-0.2, 0) is 0 Å². The van der Waals surface area contributed by atoms with E-state index in [1.807, 2.05) is 48.5 Å². The van der Waals surface area contributed by atoms with E-state index in [0.29, 0.717) is 0 Å². The molecule has 0 aliphatic rings. The molecule has 0 saturated carbocycles. The Morgan fingerprint density at radius 3 is 0.833 bits per heavy atom. The molecule has 0 heterocycles. The minimum Gasteiger partial charge on any atom is -0.0843 e. The molecule has 0 nitrogen and oxygen atoms in total. The molecule has 0 amide bonds. The lowest BCUT2D eigenvalue weighted by molar-refractivity contribution is 1.58. The van der Waals surface area contributed by atoms with Crippen LogP contribution >= 0.6 is 23.2 Å². The van der Waals surface area contributed by atoms with E-state index in [-0.39, 0.29) is 0 Å². The van der Waals surface area contributed by atoms with Crippen molar-refractivity contribution in [1.29, 1.82) is 0 Å². The number of halogens is 2. The van der Waals surface area contributed by atoms with Gasteiger partial charge in [-0.15, -0.1) is 0 Å². The van der Waals surface area contributed by atoms with E-state index >= 15 is 0 Å². The lowest BCUT2D eigenvalue weighted by Crippen LogP contribution is -1.80. The van der Waals surface area contributed by atoms with Crippen LogP contribution in [0.3, 0.4) is 0 Å². The smallest absolute Gasteiger partial charge is 0.0406 e. The van der Waals surface area contributed by atoms with E-state index in [0.717, 1.165) is 32.3 Å². The average Bonchev–Trinajstić information content (AvgIpc) is 2.79. The van der Waals surface area contributed by atoms with Crippen LogP contribution in [0.1, 0.15) is 22.3 Å². The highest BCUT2D eigenvalue weighted by molar-refractivity contribution is 6.30. The molecule has 2 heteroatoms. The van der Waals surface area contributed by atoms with Crippen molar-refractivity contribution in [1.82, 2.24) is 0 Å². The fourth-order valence-electron chi connectivity index (χ4n) is 3.11. The Bertz CT molecular complexity index is 1050. The molecule has 4 aromatic rings. The van der Waals surface area contributed by atoms with Crippen molar-refractivity contribution >= 4 is 47.5 Å². The number of rotatable bonds is 5. The van der Waals surface area contributed by atoms with Crippen molar-refractivity contribution in [2.24, 2.45) is 0 Å². The summed E-state index contributed by atoms with van der Waals surface area (Å²) in [7, 11) is 0. The first-order valence-corrected chi connectivity index (χ1v) is 10.5. The van der Waals surface area contributed by atoms with Crippen molar-refractivity contribution in [3.63, 3.8) is 0 Å². The molecular formula is C28H20Cl2. The van der Waals surface area contributed by atoms with Gasteiger partial charge in [-0.3, -0.25) is 0 Å². The standard InChI is InChI=1S/C28H20Cl2/c29-27-17-9-23(10-18-27)3-1-21-5-13-25(14-6-21)26-15-7-22(8-16-26)2-4-24-11-19-28(30)20-12-24/h1-20H. The van der Waals surface area contributed by atoms with Crippen LogP contribution in [0.15, 0.2) is 97.1 Å². The summed E-state index contributed by atoms with van der Waals surface area (Å²) < 4.78 is 0. The SMILES string of the molecule is Clc1ccc(C=Cc2ccc(-c3ccc(C=Cc4ccc(Cl)cc4)cc3)cc2)cc1. The zero-order chi connectivity index (χ0) is 20.8. The van der Waals surface area contributed by atoms with E-state index < -0.39 is 0 Å². The summed E-state index contributed by atoms with van der Waals surface area (Å²) in [5.41, 5.74) is 6.99. The van der Waals surface area contributed by atoms with Crippen LogP contribution in [-0.4, -0.2) is 0 Å². The Hall–Kier alpha value is -3.06. The highest BCUT2D eigenvalue weighted by Crippen LogP contribution is 2.22. The Morgan fingerprint density at radius 1 is 0.333 bits per heavy atom. The third-order valence-corrected chi connectivity index (χ3v) is 5.34. The summed E-state index contributed by atoms with van der Waals surface area (Å²) >= 11 is 11.9. The molecule has 0 atom stereocenters. The number of hydrogen-bond acceptors (Lipinski definition) is 0. The summed E-state index contributed by atoms with van der Waals surface area (Å²) in [6.45, 7) is 0. The zero-order valence-electron chi connectivity index (χ0n) is 16.3. The first-order chi connectivity index (χ1) is 14.7. The largest absolute Gasteiger partial charge is 0.0843 e. The molecule has 0 saturated heterocycles. The Labute approximate surface area is 187 Å². The Morgan fingerprint density at radius 2 is 0.567 bits per heavy atom. The van der Waals surface area contributed by atoms with Crippen LogP contribution < -0.4 is 0 Å². The van der Waals surface area contributed by atoms with Gasteiger partial charge in [-0.1, -0.05) is 120 Å². The van der Waals surface area contributed by atoms with Gasteiger partial charge < -0.3 is 0 Å². The molecule has 30 heavy (non-hydrogen) atoms. The van der Waals surface area contributed by atoms with Gasteiger partial charge in [0.15, 0.2) is 0 Å². The van der Waals surface area contributed by atoms with Gasteiger partial charge in [0.2, 0.25) is 0 Å². The van der Waals surface area contributed by atoms with Gasteiger partial charge in [0.1, 0.15) is 0 Å². The molecule has 0 bridgehead atoms. The molecule has 0 aliphatic heterocycles. The van der Waals surface area contributed by atoms with Gasteiger partial charge in [0, 0.05) is 10.0 Å². The minimum absolute atomic E-state index is 0.753. The van der Waals surface area contributed by atoms with Gasteiger partial charge in [-0.25, -0.2) is 0 Å². The quantitative estimate of drug-likeness (QED) is 0.279. The molecule has 4 aromatic carbocycles. The number of benzene rings is 4. The predicted octanol–water partition coefficient (Wildman–Crippen LogP) is 9.00. The maximum atomic E-state index is 5.93. The van der Waals surface area contributed by atoms with E-state index in [1.54, 1.807) is 0 Å². The van der Waals surface area contributed by atoms with E-state index in [1.165, 1.54) is 11.1 Å². The Balaban J connectivity index is 1.42. The molecule has 0 radical (unpaired) electrons. The summed E-state index contributed by atoms with van der Waals surface area (Å²) in [6, 6.07) is 32.8. The van der Waals surface area contributed by atoms with Crippen LogP contribution in [0.4, 0.5) is 0 Å². The van der Waals surface area contributed by atoms with E-state index in [9.17, 15) is 0 Å². The molecule has 0 fully saturated rings. The lowest BCUT2D eigenvalue weighted by atomic mass is 10.0. The second kappa shape index (κ2) is 9.63. The first kappa shape index (κ1) is 20.2. The maximum Gasteiger partial charge on any atom is 0.0406 e. The predicted molar refractivity (Wildman–Crippen MR) is 133 cm³/mol. The van der Waals surface area contributed by atoms with Crippen LogP contribution in [0.25, 0.3) is 35.4 Å². The molecule has 146 valence electrons. The fourth-order valence-corrected chi connectivity index (χ4v) is 3.36. The van der Waals surface area contributed by atoms with Crippen LogP contribution in [0, 0.1) is 0 Å². The van der Waals surface area contributed by atoms with Gasteiger partial charge in [0.05, 0.1) is 0 Å². The highest BCUT2D eigenvalue weighted by atomic mass is 35.5. The van der Waals surface area contributed by atoms with Crippen LogP contribution in [0.5, 0.6) is 0 Å². The van der Waals surface area contributed by atoms with E-state index in [2.05, 4.69) is 72.8 Å². The second-order valence-electron chi connectivity index (χ2n) is 7.01. The molecule has 0 unspecified atom stereocenters. The fraction of sp³-hybridized carbons (Fsp3) is 0. The first-order valence-electron chi connectivity index (χ1n) is 9.73. The topological polar surface area (TPSA) is 0 Å². The van der Waals surface area contributed by atoms with E-state index in [4.69, 9.17) is 23.2 Å². The molecular weight excluding hydrogens is 407 g/mol. The van der Waals surface area contributed by atoms with Gasteiger partial charge in [0.25, 0.3) is 0 Å². The average molecular weight is 427 g/mol. The molecule has 0 aromatic heterocycles. The lowest BCUT2D eigenvalue weighted by Gasteiger charge is -2.04. The monoisotopic (exact) mass is 426 g/mol. The van der Waals surface area contributed by atoms with Gasteiger partial charge >= 0.3 is 0 Å². The highest BCUT2D eigenvalue weighted by Gasteiger charge is 1.98. The summed E-state index contributed by atoms with van der Waals surface area (Å²) in [6.07, 6.45) is 8.40. The third kappa shape index (κ3) is 5.51. The van der Waals surface area contributed by atoms with Crippen molar-refractivity contribution in [2.75, 3.05) is 0 Å². The van der Waals surface area contributed by atoms with Gasteiger partial charge in [-0.05, 0) is 57.6 Å². The van der Waals surface area contributed by atoms with Gasteiger partial charge in [-0.2, -0.15) is 0 Å². The summed E-state index contributed by atoms with van der Waals surface area (Å²) in [5.74, 6) is 0. The summed E-state index contributed by atoms with van der Waals surface area (Å²) in [4.78, 5) is 0. The maximum absolute atomic E-state index is 5.93. The third-order valence-electron chi connectivity index (χ3n) is 4.83. The molecule has 4 rings (SSSR count). The second-order valence-corrected chi connectivity index (χ2v) is 7.89. The summed E-state index contributed by atoms with van der Waals surface area (Å²) in [5, 5.41) is 1.51. The Kier molecular flexibility index (Phi) is 6.49. The van der Waals surface area contributed by atoms with Crippen LogP contribution in [0.2, 0.25) is 10.0 Å².